The van der Waals surface area contributed by atoms with E-state index in [4.69, 9.17) is 9.47 Å². The number of aliphatic imine (C=N–C) groups is 1. The van der Waals surface area contributed by atoms with Crippen LogP contribution in [0.1, 0.15) is 28.4 Å². The number of nitrogens with zero attached hydrogens (tertiary/aromatic N) is 3. The van der Waals surface area contributed by atoms with Crippen LogP contribution in [0.3, 0.4) is 0 Å². The van der Waals surface area contributed by atoms with E-state index in [0.717, 1.165) is 22.6 Å². The molecule has 2 aliphatic heterocycles. The topological polar surface area (TPSA) is 105 Å². The highest BCUT2D eigenvalue weighted by atomic mass is 16.5. The van der Waals surface area contributed by atoms with Crippen molar-refractivity contribution in [2.45, 2.75) is 13.8 Å². The summed E-state index contributed by atoms with van der Waals surface area (Å²) in [4.78, 5) is 34.8. The number of rotatable bonds is 5. The van der Waals surface area contributed by atoms with E-state index in [9.17, 15) is 9.59 Å². The normalized spacial score (nSPS) is 15.5. The number of amidine groups is 1. The zero-order valence-corrected chi connectivity index (χ0v) is 17.8. The van der Waals surface area contributed by atoms with E-state index < -0.39 is 0 Å². The standard InChI is InChI=1S/C22H23N5O4/c1-12-17(30-3)9-15-20(21(12)31-4)26-19(27-8-7-23-22(15)27)10-16(29)14-5-6-18(24-11-14)25-13(2)28/h5-6,9-11,26H,7-8H2,1-4H3,(H,24,25,28)/b19-10+. The Kier molecular flexibility index (Phi) is 5.33. The summed E-state index contributed by atoms with van der Waals surface area (Å²) in [5.41, 5.74) is 2.87. The lowest BCUT2D eigenvalue weighted by Crippen LogP contribution is -2.37. The van der Waals surface area contributed by atoms with Gasteiger partial charge in [0.2, 0.25) is 5.91 Å². The summed E-state index contributed by atoms with van der Waals surface area (Å²) in [5, 5.41) is 5.93. The predicted molar refractivity (Wildman–Crippen MR) is 117 cm³/mol. The first-order valence-electron chi connectivity index (χ1n) is 9.77. The molecule has 4 rings (SSSR count). The summed E-state index contributed by atoms with van der Waals surface area (Å²) in [5.74, 6) is 2.68. The minimum atomic E-state index is -0.222. The first-order chi connectivity index (χ1) is 14.9. The lowest BCUT2D eigenvalue weighted by molar-refractivity contribution is -0.114. The van der Waals surface area contributed by atoms with E-state index in [1.165, 1.54) is 19.2 Å². The number of ketones is 1. The number of anilines is 2. The maximum atomic E-state index is 12.9. The maximum absolute atomic E-state index is 12.9. The Morgan fingerprint density at radius 2 is 2.06 bits per heavy atom. The SMILES string of the molecule is COc1cc2c(c(OC)c1C)N/C(=C\C(=O)c1ccc(NC(C)=O)nc1)N1CCN=C21. The Bertz CT molecular complexity index is 1120. The van der Waals surface area contributed by atoms with Gasteiger partial charge < -0.3 is 25.0 Å². The number of ether oxygens (including phenoxy) is 2. The van der Waals surface area contributed by atoms with Crippen molar-refractivity contribution in [3.63, 3.8) is 0 Å². The van der Waals surface area contributed by atoms with Crippen molar-refractivity contribution in [1.82, 2.24) is 9.88 Å². The second kappa shape index (κ2) is 8.10. The number of benzene rings is 1. The third-order valence-electron chi connectivity index (χ3n) is 5.15. The van der Waals surface area contributed by atoms with Crippen molar-refractivity contribution in [3.8, 4) is 11.5 Å². The Labute approximate surface area is 179 Å². The fraction of sp³-hybridized carbons (Fsp3) is 0.273. The van der Waals surface area contributed by atoms with Crippen LogP contribution in [0.15, 0.2) is 41.3 Å². The number of carbonyl (C=O) groups is 2. The molecule has 31 heavy (non-hydrogen) atoms. The Morgan fingerprint density at radius 3 is 2.71 bits per heavy atom. The molecule has 3 heterocycles. The highest BCUT2D eigenvalue weighted by Crippen LogP contribution is 2.43. The van der Waals surface area contributed by atoms with Gasteiger partial charge in [0, 0.05) is 42.4 Å². The molecule has 0 spiro atoms. The highest BCUT2D eigenvalue weighted by Gasteiger charge is 2.33. The van der Waals surface area contributed by atoms with Crippen LogP contribution in [-0.4, -0.2) is 54.7 Å². The number of carbonyl (C=O) groups excluding carboxylic acids is 2. The second-order valence-electron chi connectivity index (χ2n) is 7.15. The van der Waals surface area contributed by atoms with Gasteiger partial charge in [-0.25, -0.2) is 4.98 Å². The zero-order chi connectivity index (χ0) is 22.1. The van der Waals surface area contributed by atoms with E-state index in [1.54, 1.807) is 26.4 Å². The fourth-order valence-electron chi connectivity index (χ4n) is 3.72. The Hall–Kier alpha value is -3.88. The van der Waals surface area contributed by atoms with Crippen LogP contribution < -0.4 is 20.1 Å². The quantitative estimate of drug-likeness (QED) is 0.565. The van der Waals surface area contributed by atoms with Gasteiger partial charge in [-0.1, -0.05) is 0 Å². The minimum absolute atomic E-state index is 0.219. The van der Waals surface area contributed by atoms with Crippen LogP contribution in [0.2, 0.25) is 0 Å². The number of aromatic nitrogens is 1. The van der Waals surface area contributed by atoms with Crippen LogP contribution in [0.4, 0.5) is 11.5 Å². The van der Waals surface area contributed by atoms with Crippen molar-refractivity contribution in [1.29, 1.82) is 0 Å². The van der Waals surface area contributed by atoms with Crippen LogP contribution in [0, 0.1) is 6.92 Å². The number of hydrogen-bond acceptors (Lipinski definition) is 8. The largest absolute Gasteiger partial charge is 0.496 e. The van der Waals surface area contributed by atoms with Gasteiger partial charge in [0.25, 0.3) is 0 Å². The Balaban J connectivity index is 1.70. The molecular formula is C22H23N5O4. The van der Waals surface area contributed by atoms with Gasteiger partial charge in [0.05, 0.1) is 26.5 Å². The number of allylic oxidation sites excluding steroid dienone is 1. The van der Waals surface area contributed by atoms with E-state index in [-0.39, 0.29) is 11.7 Å². The van der Waals surface area contributed by atoms with Crippen LogP contribution in [-0.2, 0) is 4.79 Å². The maximum Gasteiger partial charge on any atom is 0.222 e. The molecule has 1 aromatic heterocycles. The molecule has 2 aromatic rings. The van der Waals surface area contributed by atoms with Gasteiger partial charge in [0.15, 0.2) is 5.78 Å². The van der Waals surface area contributed by atoms with Gasteiger partial charge >= 0.3 is 0 Å². The van der Waals surface area contributed by atoms with Gasteiger partial charge in [-0.3, -0.25) is 14.6 Å². The third-order valence-corrected chi connectivity index (χ3v) is 5.15. The summed E-state index contributed by atoms with van der Waals surface area (Å²) in [7, 11) is 3.22. The number of methoxy groups -OCH3 is 2. The first kappa shape index (κ1) is 20.4. The first-order valence-corrected chi connectivity index (χ1v) is 9.77. The molecule has 1 amide bonds. The predicted octanol–water partition coefficient (Wildman–Crippen LogP) is 2.58. The number of nitrogens with one attached hydrogen (secondary N) is 2. The number of hydrogen-bond donors (Lipinski definition) is 2. The summed E-state index contributed by atoms with van der Waals surface area (Å²) in [6.45, 7) is 4.59. The molecule has 0 aliphatic carbocycles. The van der Waals surface area contributed by atoms with Crippen molar-refractivity contribution >= 4 is 29.0 Å². The average molecular weight is 421 g/mol. The van der Waals surface area contributed by atoms with Crippen molar-refractivity contribution < 1.29 is 19.1 Å². The molecule has 2 N–H and O–H groups in total. The molecule has 0 unspecified atom stereocenters. The third kappa shape index (κ3) is 3.70. The lowest BCUT2D eigenvalue weighted by atomic mass is 10.0. The molecule has 160 valence electrons. The van der Waals surface area contributed by atoms with Crippen molar-refractivity contribution in [2.75, 3.05) is 37.9 Å². The van der Waals surface area contributed by atoms with Crippen LogP contribution in [0.5, 0.6) is 11.5 Å². The lowest BCUT2D eigenvalue weighted by Gasteiger charge is -2.33. The summed E-state index contributed by atoms with van der Waals surface area (Å²) < 4.78 is 11.1. The molecule has 0 radical (unpaired) electrons. The van der Waals surface area contributed by atoms with Gasteiger partial charge in [-0.2, -0.15) is 0 Å². The smallest absolute Gasteiger partial charge is 0.222 e. The molecule has 0 fully saturated rings. The molecule has 1 aromatic carbocycles. The fourth-order valence-corrected chi connectivity index (χ4v) is 3.72. The van der Waals surface area contributed by atoms with E-state index in [1.807, 2.05) is 17.9 Å². The average Bonchev–Trinajstić information content (AvgIpc) is 3.24. The van der Waals surface area contributed by atoms with E-state index in [2.05, 4.69) is 20.6 Å². The van der Waals surface area contributed by atoms with Crippen molar-refractivity contribution in [2.24, 2.45) is 4.99 Å². The molecule has 9 nitrogen and oxygen atoms in total. The van der Waals surface area contributed by atoms with E-state index >= 15 is 0 Å². The van der Waals surface area contributed by atoms with E-state index in [0.29, 0.717) is 41.8 Å². The molecule has 0 saturated carbocycles. The molecule has 0 bridgehead atoms. The monoisotopic (exact) mass is 421 g/mol. The zero-order valence-electron chi connectivity index (χ0n) is 17.8. The molecule has 9 heteroatoms. The van der Waals surface area contributed by atoms with Gasteiger partial charge in [-0.05, 0) is 25.1 Å². The Morgan fingerprint density at radius 1 is 1.26 bits per heavy atom. The molecule has 2 aliphatic rings. The molecular weight excluding hydrogens is 398 g/mol. The molecule has 0 saturated heterocycles. The minimum Gasteiger partial charge on any atom is -0.496 e. The highest BCUT2D eigenvalue weighted by molar-refractivity contribution is 6.11. The number of pyridine rings is 1. The summed E-state index contributed by atoms with van der Waals surface area (Å²) >= 11 is 0. The van der Waals surface area contributed by atoms with Gasteiger partial charge in [-0.15, -0.1) is 0 Å². The van der Waals surface area contributed by atoms with Crippen LogP contribution in [0.25, 0.3) is 0 Å². The summed E-state index contributed by atoms with van der Waals surface area (Å²) in [6, 6.07) is 5.15. The number of fused-ring (bicyclic) bond motifs is 3. The molecule has 0 atom stereocenters. The van der Waals surface area contributed by atoms with Gasteiger partial charge in [0.1, 0.15) is 29.0 Å². The van der Waals surface area contributed by atoms with Crippen molar-refractivity contribution in [3.05, 3.63) is 53.0 Å². The van der Waals surface area contributed by atoms with Crippen LogP contribution >= 0.6 is 0 Å². The summed E-state index contributed by atoms with van der Waals surface area (Å²) in [6.07, 6.45) is 2.97. The second-order valence-corrected chi connectivity index (χ2v) is 7.15. The number of amides is 1.